The van der Waals surface area contributed by atoms with Gasteiger partial charge in [-0.15, -0.1) is 0 Å². The number of benzene rings is 1. The van der Waals surface area contributed by atoms with Crippen molar-refractivity contribution in [1.29, 1.82) is 0 Å². The van der Waals surface area contributed by atoms with Gasteiger partial charge in [0, 0.05) is 49.4 Å². The van der Waals surface area contributed by atoms with Gasteiger partial charge in [0.05, 0.1) is 17.8 Å². The van der Waals surface area contributed by atoms with Gasteiger partial charge >= 0.3 is 5.97 Å². The highest BCUT2D eigenvalue weighted by Gasteiger charge is 2.36. The minimum Gasteiger partial charge on any atom is -0.480 e. The highest BCUT2D eigenvalue weighted by atomic mass is 16.5. The van der Waals surface area contributed by atoms with E-state index in [0.29, 0.717) is 19.1 Å². The van der Waals surface area contributed by atoms with E-state index in [-0.39, 0.29) is 6.10 Å². The van der Waals surface area contributed by atoms with Crippen LogP contribution in [0.15, 0.2) is 36.5 Å². The third kappa shape index (κ3) is 5.50. The Kier molecular flexibility index (Phi) is 7.11. The van der Waals surface area contributed by atoms with Gasteiger partial charge in [0.2, 0.25) is 0 Å². The molecule has 0 spiro atoms. The number of hydrogen-bond donors (Lipinski definition) is 2. The Hall–Kier alpha value is -2.97. The van der Waals surface area contributed by atoms with Crippen LogP contribution >= 0.6 is 0 Å². The summed E-state index contributed by atoms with van der Waals surface area (Å²) in [5, 5.41) is 19.3. The summed E-state index contributed by atoms with van der Waals surface area (Å²) in [4.78, 5) is 19.4. The van der Waals surface area contributed by atoms with E-state index in [4.69, 9.17) is 9.72 Å². The van der Waals surface area contributed by atoms with Crippen LogP contribution in [0.3, 0.4) is 0 Å². The maximum Gasteiger partial charge on any atom is 0.325 e. The summed E-state index contributed by atoms with van der Waals surface area (Å²) in [7, 11) is 0. The third-order valence-corrected chi connectivity index (χ3v) is 8.02. The number of para-hydroxylation sites is 1. The van der Waals surface area contributed by atoms with E-state index < -0.39 is 12.0 Å². The summed E-state index contributed by atoms with van der Waals surface area (Å²) < 4.78 is 8.22. The molecule has 0 bridgehead atoms. The second kappa shape index (κ2) is 10.8. The number of pyridine rings is 1. The summed E-state index contributed by atoms with van der Waals surface area (Å²) in [6.07, 6.45) is 10.5. The van der Waals surface area contributed by atoms with E-state index in [0.717, 1.165) is 79.7 Å². The molecule has 2 fully saturated rings. The number of unbranched alkanes of at least 4 members (excludes halogenated alkanes) is 1. The molecule has 1 aliphatic carbocycles. The molecule has 2 aromatic heterocycles. The number of carbonyl (C=O) groups is 1. The van der Waals surface area contributed by atoms with Gasteiger partial charge in [-0.3, -0.25) is 14.4 Å². The molecule has 0 unspecified atom stereocenters. The Labute approximate surface area is 218 Å². The smallest absolute Gasteiger partial charge is 0.325 e. The summed E-state index contributed by atoms with van der Waals surface area (Å²) in [5.41, 5.74) is 4.28. The number of hydrogen-bond acceptors (Lipinski definition) is 6. The molecule has 6 rings (SSSR count). The van der Waals surface area contributed by atoms with E-state index >= 15 is 0 Å². The minimum atomic E-state index is -0.806. The molecule has 1 aromatic carbocycles. The van der Waals surface area contributed by atoms with Crippen molar-refractivity contribution >= 4 is 22.7 Å². The quantitative estimate of drug-likeness (QED) is 0.374. The van der Waals surface area contributed by atoms with Gasteiger partial charge in [-0.05, 0) is 68.9 Å². The SMILES string of the molecule is O=C(O)[C@H](c1cccc2cnn(CC3CC3)c12)N1CC[C@@H](OCCCCc2ccc3c(n2)NCCC3)C1. The van der Waals surface area contributed by atoms with Crippen molar-refractivity contribution in [2.24, 2.45) is 5.92 Å². The molecular formula is C29H37N5O3. The number of nitrogens with one attached hydrogen (secondary N) is 1. The van der Waals surface area contributed by atoms with Crippen molar-refractivity contribution in [2.75, 3.05) is 31.6 Å². The van der Waals surface area contributed by atoms with Crippen molar-refractivity contribution in [3.63, 3.8) is 0 Å². The van der Waals surface area contributed by atoms with Crippen molar-refractivity contribution in [1.82, 2.24) is 19.7 Å². The predicted molar refractivity (Wildman–Crippen MR) is 143 cm³/mol. The van der Waals surface area contributed by atoms with Crippen LogP contribution in [0, 0.1) is 5.92 Å². The second-order valence-corrected chi connectivity index (χ2v) is 10.9. The van der Waals surface area contributed by atoms with E-state index in [1.807, 2.05) is 29.1 Å². The molecule has 1 saturated carbocycles. The van der Waals surface area contributed by atoms with Crippen LogP contribution in [0.25, 0.3) is 10.9 Å². The third-order valence-electron chi connectivity index (χ3n) is 8.02. The molecule has 37 heavy (non-hydrogen) atoms. The van der Waals surface area contributed by atoms with Crippen molar-refractivity contribution in [3.05, 3.63) is 53.3 Å². The number of likely N-dealkylation sites (tertiary alicyclic amines) is 1. The van der Waals surface area contributed by atoms with Gasteiger partial charge in [0.25, 0.3) is 0 Å². The lowest BCUT2D eigenvalue weighted by Crippen LogP contribution is -2.34. The molecule has 4 heterocycles. The van der Waals surface area contributed by atoms with Crippen molar-refractivity contribution < 1.29 is 14.6 Å². The zero-order chi connectivity index (χ0) is 25.2. The molecule has 1 saturated heterocycles. The molecule has 3 aromatic rings. The fraction of sp³-hybridized carbons (Fsp3) is 0.552. The average Bonchev–Trinajstić information content (AvgIpc) is 3.45. The number of ether oxygens (including phenoxy) is 1. The highest BCUT2D eigenvalue weighted by Crippen LogP contribution is 2.35. The van der Waals surface area contributed by atoms with Crippen LogP contribution in [0.2, 0.25) is 0 Å². The number of nitrogens with zero attached hydrogens (tertiary/aromatic N) is 4. The van der Waals surface area contributed by atoms with E-state index in [9.17, 15) is 9.90 Å². The first kappa shape index (κ1) is 24.4. The van der Waals surface area contributed by atoms with Gasteiger partial charge in [0.1, 0.15) is 11.9 Å². The number of aryl methyl sites for hydroxylation is 2. The first-order valence-electron chi connectivity index (χ1n) is 13.9. The molecule has 2 aliphatic heterocycles. The van der Waals surface area contributed by atoms with Gasteiger partial charge in [0.15, 0.2) is 0 Å². The normalized spacial score (nSPS) is 20.6. The Morgan fingerprint density at radius 1 is 1.19 bits per heavy atom. The minimum absolute atomic E-state index is 0.0727. The maximum atomic E-state index is 12.5. The maximum absolute atomic E-state index is 12.5. The van der Waals surface area contributed by atoms with Crippen LogP contribution in [0.1, 0.15) is 61.4 Å². The molecule has 0 radical (unpaired) electrons. The monoisotopic (exact) mass is 503 g/mol. The largest absolute Gasteiger partial charge is 0.480 e. The number of aromatic nitrogens is 3. The molecule has 3 aliphatic rings. The topological polar surface area (TPSA) is 92.5 Å². The van der Waals surface area contributed by atoms with Gasteiger partial charge in [-0.1, -0.05) is 24.3 Å². The zero-order valence-electron chi connectivity index (χ0n) is 21.4. The number of rotatable bonds is 11. The molecule has 0 amide bonds. The number of carboxylic acids is 1. The van der Waals surface area contributed by atoms with Crippen LogP contribution < -0.4 is 5.32 Å². The number of aliphatic carboxylic acids is 1. The number of fused-ring (bicyclic) bond motifs is 2. The molecule has 8 heteroatoms. The van der Waals surface area contributed by atoms with Gasteiger partial charge in [-0.25, -0.2) is 4.98 Å². The average molecular weight is 504 g/mol. The Bertz CT molecular complexity index is 1250. The fourth-order valence-corrected chi connectivity index (χ4v) is 5.85. The predicted octanol–water partition coefficient (Wildman–Crippen LogP) is 4.44. The lowest BCUT2D eigenvalue weighted by molar-refractivity contribution is -0.143. The lowest BCUT2D eigenvalue weighted by Gasteiger charge is -2.25. The van der Waals surface area contributed by atoms with Crippen LogP contribution in [0.4, 0.5) is 5.82 Å². The molecule has 2 N–H and O–H groups in total. The summed E-state index contributed by atoms with van der Waals surface area (Å²) >= 11 is 0. The van der Waals surface area contributed by atoms with Gasteiger partial charge in [-0.2, -0.15) is 5.10 Å². The van der Waals surface area contributed by atoms with E-state index in [2.05, 4.69) is 27.4 Å². The van der Waals surface area contributed by atoms with Gasteiger partial charge < -0.3 is 15.2 Å². The van der Waals surface area contributed by atoms with E-state index in [1.54, 1.807) is 0 Å². The molecule has 8 nitrogen and oxygen atoms in total. The fourth-order valence-electron chi connectivity index (χ4n) is 5.85. The summed E-state index contributed by atoms with van der Waals surface area (Å²) in [6.45, 7) is 3.94. The molecular weight excluding hydrogens is 466 g/mol. The standard InChI is InChI=1S/C29H37N5O3/c35-29(36)27(25-8-3-5-22-17-31-34(26(22)25)18-20-9-10-20)33-15-13-24(19-33)37-16-2-1-7-23-12-11-21-6-4-14-30-28(21)32-23/h3,5,8,11-12,17,20,24,27H,1-2,4,6-7,9-10,13-16,18-19H2,(H,30,32)(H,35,36)/t24-,27+/m1/s1. The highest BCUT2D eigenvalue weighted by molar-refractivity contribution is 5.88. The molecule has 196 valence electrons. The lowest BCUT2D eigenvalue weighted by atomic mass is 10.0. The Morgan fingerprint density at radius 2 is 2.11 bits per heavy atom. The Morgan fingerprint density at radius 3 is 2.97 bits per heavy atom. The Balaban J connectivity index is 1.03. The number of carboxylic acid groups (broad SMARTS) is 1. The zero-order valence-corrected chi connectivity index (χ0v) is 21.4. The summed E-state index contributed by atoms with van der Waals surface area (Å²) in [5.74, 6) is 0.924. The summed E-state index contributed by atoms with van der Waals surface area (Å²) in [6, 6.07) is 9.63. The second-order valence-electron chi connectivity index (χ2n) is 10.9. The number of anilines is 1. The first-order valence-corrected chi connectivity index (χ1v) is 13.9. The van der Waals surface area contributed by atoms with Crippen LogP contribution in [-0.4, -0.2) is 63.1 Å². The van der Waals surface area contributed by atoms with E-state index in [1.165, 1.54) is 24.8 Å². The van der Waals surface area contributed by atoms with Crippen LogP contribution in [-0.2, 0) is 28.9 Å². The van der Waals surface area contributed by atoms with Crippen molar-refractivity contribution in [3.8, 4) is 0 Å². The first-order chi connectivity index (χ1) is 18.2. The van der Waals surface area contributed by atoms with Crippen molar-refractivity contribution in [2.45, 2.75) is 70.1 Å². The van der Waals surface area contributed by atoms with Crippen LogP contribution in [0.5, 0.6) is 0 Å². The molecule has 2 atom stereocenters.